The van der Waals surface area contributed by atoms with Crippen LogP contribution in [0.4, 0.5) is 5.82 Å². The number of halogens is 1. The van der Waals surface area contributed by atoms with E-state index < -0.39 is 0 Å². The normalized spacial score (nSPS) is 16.1. The molecule has 0 amide bonds. The molecule has 1 atom stereocenters. The third-order valence-electron chi connectivity index (χ3n) is 4.57. The smallest absolute Gasteiger partial charge is 0.137 e. The van der Waals surface area contributed by atoms with E-state index in [4.69, 9.17) is 11.6 Å². The molecule has 1 saturated heterocycles. The van der Waals surface area contributed by atoms with E-state index >= 15 is 0 Å². The van der Waals surface area contributed by atoms with Crippen LogP contribution >= 0.6 is 11.6 Å². The zero-order valence-electron chi connectivity index (χ0n) is 12.5. The summed E-state index contributed by atoms with van der Waals surface area (Å²) in [5.74, 6) is 0.701. The molecule has 2 N–H and O–H groups in total. The molecule has 1 fully saturated rings. The van der Waals surface area contributed by atoms with Crippen molar-refractivity contribution in [3.63, 3.8) is 0 Å². The fourth-order valence-electron chi connectivity index (χ4n) is 2.89. The van der Waals surface area contributed by atoms with Crippen molar-refractivity contribution in [1.82, 2.24) is 9.97 Å². The number of aliphatic hydroxyl groups is 2. The van der Waals surface area contributed by atoms with Crippen LogP contribution < -0.4 is 4.90 Å². The monoisotopic (exact) mass is 321 g/mol. The molecule has 1 aliphatic rings. The number of rotatable bonds is 5. The summed E-state index contributed by atoms with van der Waals surface area (Å²) >= 11 is 6.08. The van der Waals surface area contributed by atoms with Gasteiger partial charge >= 0.3 is 0 Å². The summed E-state index contributed by atoms with van der Waals surface area (Å²) in [6, 6.07) is 1.85. The second-order valence-corrected chi connectivity index (χ2v) is 6.23. The lowest BCUT2D eigenvalue weighted by Gasteiger charge is -2.33. The number of pyridine rings is 2. The van der Waals surface area contributed by atoms with Crippen molar-refractivity contribution in [3.05, 3.63) is 29.2 Å². The highest BCUT2D eigenvalue weighted by atomic mass is 35.5. The first-order valence-corrected chi connectivity index (χ1v) is 7.94. The van der Waals surface area contributed by atoms with Gasteiger partial charge in [0, 0.05) is 50.0 Å². The summed E-state index contributed by atoms with van der Waals surface area (Å²) in [7, 11) is 0. The third kappa shape index (κ3) is 2.64. The van der Waals surface area contributed by atoms with Crippen LogP contribution in [0.25, 0.3) is 10.8 Å². The zero-order valence-corrected chi connectivity index (χ0v) is 13.3. The summed E-state index contributed by atoms with van der Waals surface area (Å²) in [6.45, 7) is 3.88. The Labute approximate surface area is 134 Å². The van der Waals surface area contributed by atoms with E-state index in [1.165, 1.54) is 6.42 Å². The number of nitrogens with zero attached hydrogens (tertiary/aromatic N) is 3. The van der Waals surface area contributed by atoms with Gasteiger partial charge in [-0.25, -0.2) is 9.97 Å². The fourth-order valence-corrected chi connectivity index (χ4v) is 3.05. The molecule has 22 heavy (non-hydrogen) atoms. The first-order valence-electron chi connectivity index (χ1n) is 7.56. The van der Waals surface area contributed by atoms with E-state index in [0.29, 0.717) is 5.15 Å². The highest BCUT2D eigenvalue weighted by Gasteiger charge is 2.24. The molecule has 2 aromatic heterocycles. The maximum atomic E-state index is 9.45. The molecular formula is C16H20ClN3O2. The standard InChI is InChI=1S/C16H20ClN3O2/c1-10(11(8-21)9-22)13-6-19-16(20-3-2-4-20)14-7-18-15(17)5-12(13)14/h5-7,10-11,21-22H,2-4,8-9H2,1H3. The highest BCUT2D eigenvalue weighted by Crippen LogP contribution is 2.35. The molecule has 1 unspecified atom stereocenters. The van der Waals surface area contributed by atoms with Crippen molar-refractivity contribution in [3.8, 4) is 0 Å². The van der Waals surface area contributed by atoms with E-state index in [2.05, 4.69) is 14.9 Å². The lowest BCUT2D eigenvalue weighted by molar-refractivity contribution is 0.134. The first-order chi connectivity index (χ1) is 10.7. The Morgan fingerprint density at radius 3 is 2.50 bits per heavy atom. The molecule has 0 radical (unpaired) electrons. The number of aromatic nitrogens is 2. The van der Waals surface area contributed by atoms with Crippen LogP contribution in [0, 0.1) is 5.92 Å². The molecule has 3 rings (SSSR count). The van der Waals surface area contributed by atoms with Crippen LogP contribution in [0.3, 0.4) is 0 Å². The number of hydrogen-bond donors (Lipinski definition) is 2. The minimum Gasteiger partial charge on any atom is -0.396 e. The van der Waals surface area contributed by atoms with E-state index in [0.717, 1.165) is 35.2 Å². The number of aliphatic hydroxyl groups excluding tert-OH is 2. The van der Waals surface area contributed by atoms with Gasteiger partial charge < -0.3 is 15.1 Å². The Morgan fingerprint density at radius 1 is 1.18 bits per heavy atom. The summed E-state index contributed by atoms with van der Waals surface area (Å²) < 4.78 is 0. The highest BCUT2D eigenvalue weighted by molar-refractivity contribution is 6.30. The average molecular weight is 322 g/mol. The Kier molecular flexibility index (Phi) is 4.47. The Hall–Kier alpha value is -1.43. The lowest BCUT2D eigenvalue weighted by atomic mass is 9.87. The maximum absolute atomic E-state index is 9.45. The molecule has 0 saturated carbocycles. The summed E-state index contributed by atoms with van der Waals surface area (Å²) in [6.07, 6.45) is 4.79. The van der Waals surface area contributed by atoms with Crippen LogP contribution in [0.15, 0.2) is 18.5 Å². The van der Waals surface area contributed by atoms with Crippen molar-refractivity contribution < 1.29 is 10.2 Å². The van der Waals surface area contributed by atoms with E-state index in [1.807, 2.05) is 19.2 Å². The van der Waals surface area contributed by atoms with Gasteiger partial charge in [-0.2, -0.15) is 0 Å². The second-order valence-electron chi connectivity index (χ2n) is 5.84. The minimum atomic E-state index is -0.216. The van der Waals surface area contributed by atoms with Crippen molar-refractivity contribution in [2.75, 3.05) is 31.2 Å². The number of fused-ring (bicyclic) bond motifs is 1. The molecule has 0 aromatic carbocycles. The van der Waals surface area contributed by atoms with Gasteiger partial charge in [-0.15, -0.1) is 0 Å². The number of anilines is 1. The molecule has 3 heterocycles. The first kappa shape index (κ1) is 15.5. The van der Waals surface area contributed by atoms with E-state index in [9.17, 15) is 10.2 Å². The van der Waals surface area contributed by atoms with Crippen LogP contribution in [-0.4, -0.2) is 46.5 Å². The summed E-state index contributed by atoms with van der Waals surface area (Å²) in [5, 5.41) is 21.3. The van der Waals surface area contributed by atoms with Gasteiger partial charge in [-0.05, 0) is 29.4 Å². The van der Waals surface area contributed by atoms with Gasteiger partial charge in [-0.1, -0.05) is 18.5 Å². The molecule has 0 bridgehead atoms. The van der Waals surface area contributed by atoms with Gasteiger partial charge in [0.05, 0.1) is 0 Å². The van der Waals surface area contributed by atoms with Crippen LogP contribution in [-0.2, 0) is 0 Å². The summed E-state index contributed by atoms with van der Waals surface area (Å²) in [4.78, 5) is 11.0. The molecule has 0 aliphatic carbocycles. The Morgan fingerprint density at radius 2 is 1.91 bits per heavy atom. The van der Waals surface area contributed by atoms with Gasteiger partial charge in [0.15, 0.2) is 0 Å². The topological polar surface area (TPSA) is 69.5 Å². The van der Waals surface area contributed by atoms with E-state index in [1.54, 1.807) is 6.20 Å². The predicted octanol–water partition coefficient (Wildman–Crippen LogP) is 2.20. The van der Waals surface area contributed by atoms with Crippen LogP contribution in [0.1, 0.15) is 24.8 Å². The Balaban J connectivity index is 2.12. The van der Waals surface area contributed by atoms with Crippen molar-refractivity contribution >= 4 is 28.2 Å². The predicted molar refractivity (Wildman–Crippen MR) is 87.5 cm³/mol. The van der Waals surface area contributed by atoms with Crippen molar-refractivity contribution in [2.24, 2.45) is 5.92 Å². The Bertz CT molecular complexity index is 672. The van der Waals surface area contributed by atoms with Gasteiger partial charge in [0.1, 0.15) is 11.0 Å². The van der Waals surface area contributed by atoms with Crippen LogP contribution in [0.2, 0.25) is 5.15 Å². The quantitative estimate of drug-likeness (QED) is 0.826. The van der Waals surface area contributed by atoms with Crippen LogP contribution in [0.5, 0.6) is 0 Å². The molecule has 6 heteroatoms. The maximum Gasteiger partial charge on any atom is 0.137 e. The molecule has 118 valence electrons. The molecule has 5 nitrogen and oxygen atoms in total. The third-order valence-corrected chi connectivity index (χ3v) is 4.78. The molecule has 0 spiro atoms. The van der Waals surface area contributed by atoms with Crippen molar-refractivity contribution in [1.29, 1.82) is 0 Å². The van der Waals surface area contributed by atoms with Crippen molar-refractivity contribution in [2.45, 2.75) is 19.3 Å². The molecular weight excluding hydrogens is 302 g/mol. The average Bonchev–Trinajstić information content (AvgIpc) is 2.46. The molecule has 2 aromatic rings. The fraction of sp³-hybridized carbons (Fsp3) is 0.500. The molecule has 1 aliphatic heterocycles. The number of hydrogen-bond acceptors (Lipinski definition) is 5. The van der Waals surface area contributed by atoms with E-state index in [-0.39, 0.29) is 25.0 Å². The SMILES string of the molecule is CC(c1cnc(N2CCC2)c2cnc(Cl)cc12)C(CO)CO. The second kappa shape index (κ2) is 6.36. The van der Waals surface area contributed by atoms with Gasteiger partial charge in [0.2, 0.25) is 0 Å². The van der Waals surface area contributed by atoms with Gasteiger partial charge in [0.25, 0.3) is 0 Å². The largest absolute Gasteiger partial charge is 0.396 e. The lowest BCUT2D eigenvalue weighted by Crippen LogP contribution is -2.37. The zero-order chi connectivity index (χ0) is 15.7. The minimum absolute atomic E-state index is 0.0195. The van der Waals surface area contributed by atoms with Gasteiger partial charge in [-0.3, -0.25) is 0 Å². The summed E-state index contributed by atoms with van der Waals surface area (Å²) in [5.41, 5.74) is 0.983.